The summed E-state index contributed by atoms with van der Waals surface area (Å²) < 4.78 is 24.2. The highest BCUT2D eigenvalue weighted by Crippen LogP contribution is 2.43. The molecule has 0 aromatic carbocycles. The van der Waals surface area contributed by atoms with Crippen LogP contribution in [0.3, 0.4) is 0 Å². The summed E-state index contributed by atoms with van der Waals surface area (Å²) in [5, 5.41) is 0. The van der Waals surface area contributed by atoms with E-state index in [0.717, 1.165) is 62.5 Å². The highest BCUT2D eigenvalue weighted by Gasteiger charge is 2.29. The minimum Gasteiger partial charge on any atom is -0.382 e. The van der Waals surface area contributed by atoms with E-state index in [1.54, 1.807) is 0 Å². The molecule has 2 aromatic rings. The summed E-state index contributed by atoms with van der Waals surface area (Å²) in [6.45, 7) is 4.27. The molecule has 0 bridgehead atoms. The molecule has 2 rings (SSSR count). The van der Waals surface area contributed by atoms with Crippen LogP contribution >= 0.6 is 7.82 Å². The monoisotopic (exact) mass is 399 g/mol. The molecule has 0 saturated heterocycles. The standard InChI is InChI=1S/C17H30N5O4P/c1-3-5-7-9-11-14(10-8-6-4-2)25-27(23,24)26-22-13-21-15-16(18)19-12-20-17(15)22/h12-14H,3-11H2,1-2H3,(H,23,24)(H2,18,19,20). The summed E-state index contributed by atoms with van der Waals surface area (Å²) in [7, 11) is -4.34. The molecule has 0 spiro atoms. The van der Waals surface area contributed by atoms with Crippen molar-refractivity contribution in [3.8, 4) is 0 Å². The first-order valence-electron chi connectivity index (χ1n) is 9.61. The predicted octanol–water partition coefficient (Wildman–Crippen LogP) is 3.87. The van der Waals surface area contributed by atoms with E-state index in [4.69, 9.17) is 14.9 Å². The number of imidazole rings is 1. The topological polar surface area (TPSA) is 125 Å². The van der Waals surface area contributed by atoms with Crippen molar-refractivity contribution in [3.05, 3.63) is 12.7 Å². The lowest BCUT2D eigenvalue weighted by Crippen LogP contribution is -2.17. The average molecular weight is 399 g/mol. The zero-order chi connectivity index (χ0) is 19.7. The Hall–Kier alpha value is -1.70. The van der Waals surface area contributed by atoms with Gasteiger partial charge in [0.05, 0.1) is 6.10 Å². The Morgan fingerprint density at radius 1 is 1.11 bits per heavy atom. The molecule has 0 fully saturated rings. The van der Waals surface area contributed by atoms with Gasteiger partial charge < -0.3 is 10.4 Å². The number of unbranched alkanes of at least 4 members (excludes halogenated alkanes) is 5. The number of hydrogen-bond donors (Lipinski definition) is 2. The lowest BCUT2D eigenvalue weighted by molar-refractivity contribution is 0.0871. The fraction of sp³-hybridized carbons (Fsp3) is 0.706. The van der Waals surface area contributed by atoms with Crippen LogP contribution in [0.4, 0.5) is 5.82 Å². The van der Waals surface area contributed by atoms with Gasteiger partial charge in [0, 0.05) is 0 Å². The lowest BCUT2D eigenvalue weighted by atomic mass is 10.0. The van der Waals surface area contributed by atoms with E-state index in [1.165, 1.54) is 12.7 Å². The zero-order valence-electron chi connectivity index (χ0n) is 16.1. The van der Waals surface area contributed by atoms with Crippen molar-refractivity contribution in [2.24, 2.45) is 0 Å². The number of nitrogens with two attached hydrogens (primary N) is 1. The van der Waals surface area contributed by atoms with Gasteiger partial charge in [0.15, 0.2) is 11.3 Å². The van der Waals surface area contributed by atoms with Gasteiger partial charge in [-0.05, 0) is 12.8 Å². The Kier molecular flexibility index (Phi) is 8.47. The molecule has 0 saturated carbocycles. The van der Waals surface area contributed by atoms with Crippen molar-refractivity contribution in [3.63, 3.8) is 0 Å². The van der Waals surface area contributed by atoms with Crippen LogP contribution in [0.25, 0.3) is 11.2 Å². The predicted molar refractivity (Wildman–Crippen MR) is 104 cm³/mol. The summed E-state index contributed by atoms with van der Waals surface area (Å²) in [5.41, 5.74) is 6.23. The fourth-order valence-corrected chi connectivity index (χ4v) is 3.85. The third-order valence-electron chi connectivity index (χ3n) is 4.31. The summed E-state index contributed by atoms with van der Waals surface area (Å²) in [6, 6.07) is 0. The number of aromatic nitrogens is 4. The number of fused-ring (bicyclic) bond motifs is 1. The summed E-state index contributed by atoms with van der Waals surface area (Å²) in [4.78, 5) is 22.1. The van der Waals surface area contributed by atoms with E-state index in [0.29, 0.717) is 5.52 Å². The molecule has 27 heavy (non-hydrogen) atoms. The molecule has 0 aliphatic carbocycles. The number of nitrogen functional groups attached to an aromatic ring is 1. The van der Waals surface area contributed by atoms with Crippen LogP contribution in [-0.2, 0) is 9.09 Å². The van der Waals surface area contributed by atoms with Gasteiger partial charge in [0.25, 0.3) is 0 Å². The highest BCUT2D eigenvalue weighted by atomic mass is 31.2. The first-order chi connectivity index (χ1) is 13.0. The van der Waals surface area contributed by atoms with Crippen LogP contribution in [-0.4, -0.2) is 30.7 Å². The molecule has 10 heteroatoms. The molecule has 2 aromatic heterocycles. The summed E-state index contributed by atoms with van der Waals surface area (Å²) in [5.74, 6) is 0.171. The smallest absolute Gasteiger partial charge is 0.382 e. The minimum absolute atomic E-state index is 0.171. The molecular formula is C17H30N5O4P. The molecule has 0 aliphatic rings. The first-order valence-corrected chi connectivity index (χ1v) is 11.1. The Morgan fingerprint density at radius 2 is 1.78 bits per heavy atom. The van der Waals surface area contributed by atoms with Crippen LogP contribution in [0, 0.1) is 0 Å². The molecule has 2 heterocycles. The molecule has 0 radical (unpaired) electrons. The van der Waals surface area contributed by atoms with Crippen molar-refractivity contribution in [2.45, 2.75) is 77.7 Å². The van der Waals surface area contributed by atoms with Crippen LogP contribution in [0.2, 0.25) is 0 Å². The van der Waals surface area contributed by atoms with Gasteiger partial charge in [0.2, 0.25) is 5.65 Å². The summed E-state index contributed by atoms with van der Waals surface area (Å²) >= 11 is 0. The van der Waals surface area contributed by atoms with Gasteiger partial charge in [-0.15, -0.1) is 4.73 Å². The van der Waals surface area contributed by atoms with Gasteiger partial charge in [-0.2, -0.15) is 0 Å². The van der Waals surface area contributed by atoms with Crippen molar-refractivity contribution in [2.75, 3.05) is 5.73 Å². The van der Waals surface area contributed by atoms with Gasteiger partial charge in [-0.3, -0.25) is 9.42 Å². The first kappa shape index (κ1) is 21.6. The third-order valence-corrected chi connectivity index (χ3v) is 5.26. The SMILES string of the molecule is CCCCCCC(CCCCC)OP(=O)(O)On1cnc2c(N)ncnc21. The molecule has 3 N–H and O–H groups in total. The van der Waals surface area contributed by atoms with Gasteiger partial charge in [0.1, 0.15) is 12.7 Å². The normalized spacial score (nSPS) is 14.9. The fourth-order valence-electron chi connectivity index (χ4n) is 2.88. The second-order valence-corrected chi connectivity index (χ2v) is 7.94. The van der Waals surface area contributed by atoms with Crippen molar-refractivity contribution >= 4 is 24.8 Å². The van der Waals surface area contributed by atoms with Crippen LogP contribution in [0.15, 0.2) is 12.7 Å². The van der Waals surface area contributed by atoms with Gasteiger partial charge in [-0.25, -0.2) is 19.5 Å². The van der Waals surface area contributed by atoms with E-state index in [9.17, 15) is 9.46 Å². The number of rotatable bonds is 13. The Morgan fingerprint density at radius 3 is 2.48 bits per heavy atom. The largest absolute Gasteiger partial charge is 0.546 e. The molecular weight excluding hydrogens is 369 g/mol. The second-order valence-electron chi connectivity index (χ2n) is 6.62. The maximum Gasteiger partial charge on any atom is 0.546 e. The summed E-state index contributed by atoms with van der Waals surface area (Å²) in [6.07, 6.45) is 11.0. The zero-order valence-corrected chi connectivity index (χ0v) is 17.0. The van der Waals surface area contributed by atoms with Gasteiger partial charge in [-0.1, -0.05) is 58.8 Å². The van der Waals surface area contributed by atoms with E-state index < -0.39 is 7.82 Å². The Balaban J connectivity index is 2.02. The number of phosphoric acid groups is 1. The number of phosphoric ester groups is 1. The van der Waals surface area contributed by atoms with Crippen molar-refractivity contribution in [1.82, 2.24) is 19.7 Å². The molecule has 0 amide bonds. The van der Waals surface area contributed by atoms with Crippen LogP contribution in [0.1, 0.15) is 71.6 Å². The lowest BCUT2D eigenvalue weighted by Gasteiger charge is -2.21. The maximum absolute atomic E-state index is 12.5. The van der Waals surface area contributed by atoms with Crippen LogP contribution < -0.4 is 10.4 Å². The average Bonchev–Trinajstić information content (AvgIpc) is 3.02. The van der Waals surface area contributed by atoms with Crippen molar-refractivity contribution < 1.29 is 18.6 Å². The number of anilines is 1. The second kappa shape index (κ2) is 10.6. The highest BCUT2D eigenvalue weighted by molar-refractivity contribution is 7.47. The Bertz CT molecular complexity index is 754. The van der Waals surface area contributed by atoms with E-state index in [2.05, 4.69) is 28.8 Å². The minimum atomic E-state index is -4.34. The number of hydrogen-bond acceptors (Lipinski definition) is 7. The quantitative estimate of drug-likeness (QED) is 0.384. The van der Waals surface area contributed by atoms with E-state index >= 15 is 0 Å². The Labute approximate surface area is 159 Å². The van der Waals surface area contributed by atoms with Crippen LogP contribution in [0.5, 0.6) is 0 Å². The molecule has 152 valence electrons. The molecule has 2 atom stereocenters. The molecule has 9 nitrogen and oxygen atoms in total. The van der Waals surface area contributed by atoms with E-state index in [-0.39, 0.29) is 17.6 Å². The molecule has 2 unspecified atom stereocenters. The van der Waals surface area contributed by atoms with E-state index in [1.807, 2.05) is 0 Å². The van der Waals surface area contributed by atoms with Crippen molar-refractivity contribution in [1.29, 1.82) is 0 Å². The molecule has 0 aliphatic heterocycles. The van der Waals surface area contributed by atoms with Gasteiger partial charge >= 0.3 is 7.82 Å². The maximum atomic E-state index is 12.5. The number of nitrogens with zero attached hydrogens (tertiary/aromatic N) is 4. The third kappa shape index (κ3) is 6.75.